The van der Waals surface area contributed by atoms with E-state index in [0.29, 0.717) is 36.8 Å². The first-order valence-corrected chi connectivity index (χ1v) is 9.01. The van der Waals surface area contributed by atoms with Crippen LogP contribution in [0.1, 0.15) is 29.4 Å². The summed E-state index contributed by atoms with van der Waals surface area (Å²) in [6.45, 7) is 3.32. The average molecular weight is 365 g/mol. The van der Waals surface area contributed by atoms with Crippen LogP contribution in [0.15, 0.2) is 53.1 Å². The number of carbonyl (C=O) groups excluding carboxylic acids is 1. The molecule has 1 fully saturated rings. The van der Waals surface area contributed by atoms with Gasteiger partial charge in [-0.2, -0.15) is 4.98 Å². The zero-order chi connectivity index (χ0) is 18.8. The second-order valence-corrected chi connectivity index (χ2v) is 6.94. The number of carbonyl (C=O) groups is 1. The Morgan fingerprint density at radius 1 is 1.22 bits per heavy atom. The minimum absolute atomic E-state index is 0.100. The average Bonchev–Trinajstić information content (AvgIpc) is 3.28. The summed E-state index contributed by atoms with van der Waals surface area (Å²) in [7, 11) is 0. The van der Waals surface area contributed by atoms with Crippen molar-refractivity contribution in [3.63, 3.8) is 0 Å². The Balaban J connectivity index is 1.41. The molecule has 3 aromatic rings. The van der Waals surface area contributed by atoms with E-state index in [9.17, 15) is 9.18 Å². The normalized spacial score (nSPS) is 16.9. The maximum absolute atomic E-state index is 13.0. The van der Waals surface area contributed by atoms with Gasteiger partial charge in [-0.05, 0) is 43.2 Å². The van der Waals surface area contributed by atoms with E-state index in [-0.39, 0.29) is 17.6 Å². The summed E-state index contributed by atoms with van der Waals surface area (Å²) >= 11 is 0. The number of likely N-dealkylation sites (tertiary alicyclic amines) is 1. The van der Waals surface area contributed by atoms with E-state index in [4.69, 9.17) is 4.52 Å². The predicted octanol–water partition coefficient (Wildman–Crippen LogP) is 3.74. The zero-order valence-corrected chi connectivity index (χ0v) is 15.1. The molecule has 0 spiro atoms. The molecule has 1 saturated heterocycles. The van der Waals surface area contributed by atoms with Crippen molar-refractivity contribution in [1.82, 2.24) is 15.0 Å². The summed E-state index contributed by atoms with van der Waals surface area (Å²) in [6.07, 6.45) is 1.20. The van der Waals surface area contributed by atoms with Crippen LogP contribution in [0.25, 0.3) is 11.4 Å². The smallest absolute Gasteiger partial charge is 0.232 e. The van der Waals surface area contributed by atoms with Gasteiger partial charge in [0, 0.05) is 25.1 Å². The molecule has 2 heterocycles. The highest BCUT2D eigenvalue weighted by Crippen LogP contribution is 2.28. The second kappa shape index (κ2) is 7.31. The van der Waals surface area contributed by atoms with Crippen LogP contribution < -0.4 is 0 Å². The van der Waals surface area contributed by atoms with Gasteiger partial charge in [-0.3, -0.25) is 4.79 Å². The van der Waals surface area contributed by atoms with E-state index in [1.807, 2.05) is 11.0 Å². The van der Waals surface area contributed by atoms with E-state index in [2.05, 4.69) is 35.3 Å². The molecule has 1 aromatic heterocycles. The first kappa shape index (κ1) is 17.4. The van der Waals surface area contributed by atoms with Crippen molar-refractivity contribution < 1.29 is 13.7 Å². The highest BCUT2D eigenvalue weighted by Gasteiger charge is 2.34. The molecule has 1 aliphatic rings. The van der Waals surface area contributed by atoms with Gasteiger partial charge in [0.2, 0.25) is 17.6 Å². The van der Waals surface area contributed by atoms with Crippen molar-refractivity contribution in [2.75, 3.05) is 13.1 Å². The highest BCUT2D eigenvalue weighted by molar-refractivity contribution is 5.79. The fourth-order valence-corrected chi connectivity index (χ4v) is 3.40. The Labute approximate surface area is 156 Å². The van der Waals surface area contributed by atoms with Gasteiger partial charge in [0.1, 0.15) is 5.82 Å². The quantitative estimate of drug-likeness (QED) is 0.691. The van der Waals surface area contributed by atoms with E-state index in [1.54, 1.807) is 12.1 Å². The molecular weight excluding hydrogens is 345 g/mol. The molecule has 1 amide bonds. The van der Waals surface area contributed by atoms with Crippen LogP contribution in [0.3, 0.4) is 0 Å². The second-order valence-electron chi connectivity index (χ2n) is 6.94. The number of hydrogen-bond donors (Lipinski definition) is 0. The molecule has 0 bridgehead atoms. The van der Waals surface area contributed by atoms with E-state index in [0.717, 1.165) is 6.42 Å². The maximum Gasteiger partial charge on any atom is 0.232 e. The van der Waals surface area contributed by atoms with Gasteiger partial charge in [0.15, 0.2) is 0 Å². The largest absolute Gasteiger partial charge is 0.342 e. The molecule has 4 rings (SSSR count). The number of nitrogens with zero attached hydrogens (tertiary/aromatic N) is 3. The molecule has 5 nitrogen and oxygen atoms in total. The summed E-state index contributed by atoms with van der Waals surface area (Å²) in [5.41, 5.74) is 3.13. The lowest BCUT2D eigenvalue weighted by atomic mass is 10.1. The van der Waals surface area contributed by atoms with Crippen LogP contribution in [0.2, 0.25) is 0 Å². The van der Waals surface area contributed by atoms with E-state index in [1.165, 1.54) is 23.3 Å². The fourth-order valence-electron chi connectivity index (χ4n) is 3.40. The molecule has 27 heavy (non-hydrogen) atoms. The number of benzene rings is 2. The molecule has 6 heteroatoms. The number of rotatable bonds is 5. The van der Waals surface area contributed by atoms with Crippen LogP contribution in [-0.2, 0) is 11.2 Å². The number of hydrogen-bond acceptors (Lipinski definition) is 4. The molecule has 1 unspecified atom stereocenters. The number of amides is 1. The summed E-state index contributed by atoms with van der Waals surface area (Å²) in [6, 6.07) is 14.3. The molecule has 1 aliphatic heterocycles. The van der Waals surface area contributed by atoms with Gasteiger partial charge in [-0.1, -0.05) is 35.0 Å². The number of aromatic nitrogens is 2. The van der Waals surface area contributed by atoms with Crippen LogP contribution in [-0.4, -0.2) is 34.0 Å². The zero-order valence-electron chi connectivity index (χ0n) is 15.1. The third-order valence-electron chi connectivity index (χ3n) is 4.86. The Morgan fingerprint density at radius 2 is 2.04 bits per heavy atom. The SMILES string of the molecule is Cc1cccc(CCN2CC(c3nc(-c4ccc(F)cc4)no3)CC2=O)c1. The van der Waals surface area contributed by atoms with Gasteiger partial charge in [0.25, 0.3) is 0 Å². The first-order chi connectivity index (χ1) is 13.1. The Hall–Kier alpha value is -3.02. The Bertz CT molecular complexity index is 952. The van der Waals surface area contributed by atoms with E-state index < -0.39 is 0 Å². The molecule has 0 saturated carbocycles. The van der Waals surface area contributed by atoms with Crippen LogP contribution >= 0.6 is 0 Å². The minimum Gasteiger partial charge on any atom is -0.342 e. The predicted molar refractivity (Wildman–Crippen MR) is 98.5 cm³/mol. The van der Waals surface area contributed by atoms with Crippen molar-refractivity contribution in [2.45, 2.75) is 25.7 Å². The van der Waals surface area contributed by atoms with Gasteiger partial charge >= 0.3 is 0 Å². The number of halogens is 1. The van der Waals surface area contributed by atoms with Crippen LogP contribution in [0, 0.1) is 12.7 Å². The highest BCUT2D eigenvalue weighted by atomic mass is 19.1. The van der Waals surface area contributed by atoms with Crippen molar-refractivity contribution in [2.24, 2.45) is 0 Å². The van der Waals surface area contributed by atoms with Crippen molar-refractivity contribution in [1.29, 1.82) is 0 Å². The standard InChI is InChI=1S/C21H20FN3O2/c1-14-3-2-4-15(11-14)9-10-25-13-17(12-19(25)26)21-23-20(24-27-21)16-5-7-18(22)8-6-16/h2-8,11,17H,9-10,12-13H2,1H3. The molecule has 138 valence electrons. The topological polar surface area (TPSA) is 59.2 Å². The lowest BCUT2D eigenvalue weighted by Gasteiger charge is -2.16. The van der Waals surface area contributed by atoms with Gasteiger partial charge < -0.3 is 9.42 Å². The summed E-state index contributed by atoms with van der Waals surface area (Å²) in [4.78, 5) is 18.6. The number of aryl methyl sites for hydroxylation is 1. The molecule has 0 radical (unpaired) electrons. The van der Waals surface area contributed by atoms with E-state index >= 15 is 0 Å². The monoisotopic (exact) mass is 365 g/mol. The summed E-state index contributed by atoms with van der Waals surface area (Å²) in [5, 5.41) is 3.98. The van der Waals surface area contributed by atoms with Crippen LogP contribution in [0.5, 0.6) is 0 Å². The van der Waals surface area contributed by atoms with Gasteiger partial charge in [-0.25, -0.2) is 4.39 Å². The van der Waals surface area contributed by atoms with Crippen molar-refractivity contribution >= 4 is 5.91 Å². The summed E-state index contributed by atoms with van der Waals surface area (Å²) < 4.78 is 18.4. The Kier molecular flexibility index (Phi) is 4.71. The molecular formula is C21H20FN3O2. The van der Waals surface area contributed by atoms with Crippen molar-refractivity contribution in [3.05, 3.63) is 71.4 Å². The fraction of sp³-hybridized carbons (Fsp3) is 0.286. The molecule has 0 aliphatic carbocycles. The maximum atomic E-state index is 13.0. The lowest BCUT2D eigenvalue weighted by Crippen LogP contribution is -2.27. The third kappa shape index (κ3) is 3.89. The van der Waals surface area contributed by atoms with Crippen LogP contribution in [0.4, 0.5) is 4.39 Å². The van der Waals surface area contributed by atoms with Gasteiger partial charge in [0.05, 0.1) is 5.92 Å². The lowest BCUT2D eigenvalue weighted by molar-refractivity contribution is -0.127. The molecule has 0 N–H and O–H groups in total. The third-order valence-corrected chi connectivity index (χ3v) is 4.86. The van der Waals surface area contributed by atoms with Crippen molar-refractivity contribution in [3.8, 4) is 11.4 Å². The first-order valence-electron chi connectivity index (χ1n) is 9.01. The minimum atomic E-state index is -0.312. The Morgan fingerprint density at radius 3 is 2.81 bits per heavy atom. The molecule has 2 aromatic carbocycles. The van der Waals surface area contributed by atoms with Gasteiger partial charge in [-0.15, -0.1) is 0 Å². The molecule has 1 atom stereocenters. The summed E-state index contributed by atoms with van der Waals surface area (Å²) in [5.74, 6) is 0.565.